The van der Waals surface area contributed by atoms with Crippen molar-refractivity contribution in [2.45, 2.75) is 38.0 Å². The zero-order chi connectivity index (χ0) is 20.5. The van der Waals surface area contributed by atoms with Gasteiger partial charge in [-0.2, -0.15) is 13.2 Å². The van der Waals surface area contributed by atoms with E-state index in [0.717, 1.165) is 18.8 Å². The van der Waals surface area contributed by atoms with Gasteiger partial charge in [0.05, 0.1) is 12.8 Å². The highest BCUT2D eigenvalue weighted by molar-refractivity contribution is 5.70. The molecule has 0 amide bonds. The van der Waals surface area contributed by atoms with Crippen LogP contribution in [0.2, 0.25) is 0 Å². The molecule has 0 saturated heterocycles. The van der Waals surface area contributed by atoms with Crippen LogP contribution in [0.4, 0.5) is 19.0 Å². The number of hydrogen-bond acceptors (Lipinski definition) is 4. The van der Waals surface area contributed by atoms with Gasteiger partial charge in [0.2, 0.25) is 0 Å². The van der Waals surface area contributed by atoms with Gasteiger partial charge in [-0.25, -0.2) is 4.57 Å². The Hall–Kier alpha value is -2.77. The molecule has 0 saturated carbocycles. The molecule has 3 heterocycles. The Morgan fingerprint density at radius 2 is 1.86 bits per heavy atom. The second-order valence-corrected chi connectivity index (χ2v) is 7.30. The average molecular weight is 394 g/mol. The fourth-order valence-electron chi connectivity index (χ4n) is 3.89. The molecule has 0 aliphatic carbocycles. The number of aliphatic carboxylic acids is 1. The van der Waals surface area contributed by atoms with Gasteiger partial charge in [-0.1, -0.05) is 24.3 Å². The summed E-state index contributed by atoms with van der Waals surface area (Å²) in [5.41, 5.74) is 1.34. The largest absolute Gasteiger partial charge is 0.542 e. The van der Waals surface area contributed by atoms with Crippen LogP contribution in [-0.4, -0.2) is 18.8 Å². The predicted molar refractivity (Wildman–Crippen MR) is 93.4 cm³/mol. The summed E-state index contributed by atoms with van der Waals surface area (Å²) in [5.74, 6) is -0.299. The molecule has 0 unspecified atom stereocenters. The minimum absolute atomic E-state index is 0.0628. The number of benzene rings is 1. The topological polar surface area (TPSA) is 65.3 Å². The summed E-state index contributed by atoms with van der Waals surface area (Å²) >= 11 is 0. The number of aromatic nitrogens is 1. The fraction of sp³-hybridized carbons (Fsp3) is 0.400. The molecule has 0 spiro atoms. The lowest BCUT2D eigenvalue weighted by molar-refractivity contribution is -0.758. The van der Waals surface area contributed by atoms with Crippen molar-refractivity contribution < 1.29 is 32.4 Å². The first-order valence-corrected chi connectivity index (χ1v) is 8.90. The zero-order valence-corrected chi connectivity index (χ0v) is 15.5. The number of fused-ring (bicyclic) bond motifs is 4. The summed E-state index contributed by atoms with van der Waals surface area (Å²) in [6.45, 7) is 5.46. The number of rotatable bonds is 0. The van der Waals surface area contributed by atoms with E-state index in [1.54, 1.807) is 0 Å². The van der Waals surface area contributed by atoms with Crippen LogP contribution in [0.5, 0.6) is 5.75 Å². The Bertz CT molecular complexity index is 868. The standard InChI is InChI=1S/C18H20N2O.C2HF3O2/c1-18(2)14-10-12-21-15-8-4-3-7-13(15)17(14)19-16-9-5-6-11-20(16)18;3-2(4,5)1(6)7/h3-9,11,14,17H,10,12H2,1-2H3;(H,6,7)/t14-,17+;/m0./s1. The lowest BCUT2D eigenvalue weighted by Crippen LogP contribution is -2.63. The van der Waals surface area contributed by atoms with E-state index in [4.69, 9.17) is 14.6 Å². The molecule has 1 aromatic carbocycles. The Balaban J connectivity index is 0.000000279. The normalized spacial score (nSPS) is 21.9. The number of carboxylic acids is 1. The van der Waals surface area contributed by atoms with Gasteiger partial charge < -0.3 is 14.6 Å². The molecular formula is C20H21F3N2O3. The number of pyridine rings is 1. The summed E-state index contributed by atoms with van der Waals surface area (Å²) in [6, 6.07) is 15.1. The molecule has 4 rings (SSSR count). The number of ether oxygens (including phenoxy) is 1. The molecule has 0 fully saturated rings. The molecule has 2 aliphatic rings. The first-order chi connectivity index (χ1) is 13.1. The number of anilines is 1. The van der Waals surface area contributed by atoms with Gasteiger partial charge in [-0.15, -0.1) is 0 Å². The van der Waals surface area contributed by atoms with Crippen LogP contribution in [0.3, 0.4) is 0 Å². The third-order valence-corrected chi connectivity index (χ3v) is 5.27. The summed E-state index contributed by atoms with van der Waals surface area (Å²) < 4.78 is 39.9. The van der Waals surface area contributed by atoms with Crippen LogP contribution in [0.15, 0.2) is 48.7 Å². The van der Waals surface area contributed by atoms with Crippen LogP contribution in [0.1, 0.15) is 31.9 Å². The maximum atomic E-state index is 10.5. The van der Waals surface area contributed by atoms with Crippen LogP contribution >= 0.6 is 0 Å². The number of alkyl halides is 3. The maximum absolute atomic E-state index is 10.5. The van der Waals surface area contributed by atoms with E-state index in [0.29, 0.717) is 12.0 Å². The first kappa shape index (κ1) is 20.0. The number of hydrogen-bond donors (Lipinski definition) is 1. The van der Waals surface area contributed by atoms with Crippen molar-refractivity contribution in [3.05, 3.63) is 54.2 Å². The van der Waals surface area contributed by atoms with Crippen molar-refractivity contribution in [2.75, 3.05) is 11.9 Å². The maximum Gasteiger partial charge on any atom is 0.430 e. The van der Waals surface area contributed by atoms with Gasteiger partial charge in [-0.05, 0) is 32.4 Å². The van der Waals surface area contributed by atoms with Crippen LogP contribution in [0, 0.1) is 5.92 Å². The molecule has 0 radical (unpaired) electrons. The molecular weight excluding hydrogens is 373 g/mol. The van der Waals surface area contributed by atoms with E-state index in [2.05, 4.69) is 72.4 Å². The summed E-state index contributed by atoms with van der Waals surface area (Å²) in [4.78, 5) is 8.78. The van der Waals surface area contributed by atoms with Crippen LogP contribution in [0.25, 0.3) is 0 Å². The van der Waals surface area contributed by atoms with Gasteiger partial charge in [0.1, 0.15) is 23.3 Å². The van der Waals surface area contributed by atoms with E-state index >= 15 is 0 Å². The SMILES string of the molecule is CC1(C)[C@H]2CCOc3ccccc3[C@H]2Nc2cccc[n+]21.O=C([O-])C(F)(F)F. The van der Waals surface area contributed by atoms with E-state index < -0.39 is 12.1 Å². The number of halogens is 3. The Kier molecular flexibility index (Phi) is 5.23. The van der Waals surface area contributed by atoms with Crippen molar-refractivity contribution >= 4 is 11.8 Å². The monoisotopic (exact) mass is 394 g/mol. The number of nitrogens with zero attached hydrogens (tertiary/aromatic N) is 1. The first-order valence-electron chi connectivity index (χ1n) is 8.90. The Labute approximate surface area is 160 Å². The van der Waals surface area contributed by atoms with E-state index in [9.17, 15) is 13.2 Å². The molecule has 28 heavy (non-hydrogen) atoms. The number of carbonyl (C=O) groups excluding carboxylic acids is 1. The number of carboxylic acid groups (broad SMARTS) is 1. The second kappa shape index (κ2) is 7.33. The highest BCUT2D eigenvalue weighted by atomic mass is 19.4. The quantitative estimate of drug-likeness (QED) is 0.698. The van der Waals surface area contributed by atoms with Crippen molar-refractivity contribution in [1.29, 1.82) is 0 Å². The third-order valence-electron chi connectivity index (χ3n) is 5.27. The fourth-order valence-corrected chi connectivity index (χ4v) is 3.89. The number of carbonyl (C=O) groups is 1. The molecule has 8 heteroatoms. The van der Waals surface area contributed by atoms with Gasteiger partial charge in [-0.3, -0.25) is 5.32 Å². The minimum Gasteiger partial charge on any atom is -0.542 e. The van der Waals surface area contributed by atoms with Crippen molar-refractivity contribution in [2.24, 2.45) is 5.92 Å². The van der Waals surface area contributed by atoms with Crippen LogP contribution in [-0.2, 0) is 10.3 Å². The van der Waals surface area contributed by atoms with Crippen molar-refractivity contribution in [3.8, 4) is 5.75 Å². The molecule has 0 bridgehead atoms. The van der Waals surface area contributed by atoms with E-state index in [1.165, 1.54) is 11.4 Å². The molecule has 1 N–H and O–H groups in total. The summed E-state index contributed by atoms with van der Waals surface area (Å²) in [5, 5.41) is 12.5. The smallest absolute Gasteiger partial charge is 0.430 e. The van der Waals surface area contributed by atoms with Crippen LogP contribution < -0.4 is 19.7 Å². The number of para-hydroxylation sites is 1. The molecule has 150 valence electrons. The molecule has 1 aromatic heterocycles. The third kappa shape index (κ3) is 3.76. The lowest BCUT2D eigenvalue weighted by Gasteiger charge is -2.40. The molecule has 2 aliphatic heterocycles. The summed E-state index contributed by atoms with van der Waals surface area (Å²) in [6.07, 6.45) is -1.96. The van der Waals surface area contributed by atoms with E-state index in [1.807, 2.05) is 0 Å². The highest BCUT2D eigenvalue weighted by Gasteiger charge is 2.49. The minimum atomic E-state index is -5.19. The van der Waals surface area contributed by atoms with Gasteiger partial charge in [0.25, 0.3) is 5.82 Å². The zero-order valence-electron chi connectivity index (χ0n) is 15.5. The molecule has 2 atom stereocenters. The lowest BCUT2D eigenvalue weighted by atomic mass is 9.75. The number of nitrogens with one attached hydrogen (secondary N) is 1. The molecule has 5 nitrogen and oxygen atoms in total. The van der Waals surface area contributed by atoms with Gasteiger partial charge in [0.15, 0.2) is 0 Å². The second-order valence-electron chi connectivity index (χ2n) is 7.30. The van der Waals surface area contributed by atoms with Crippen molar-refractivity contribution in [3.63, 3.8) is 0 Å². The van der Waals surface area contributed by atoms with E-state index in [-0.39, 0.29) is 5.54 Å². The Morgan fingerprint density at radius 1 is 1.21 bits per heavy atom. The highest BCUT2D eigenvalue weighted by Crippen LogP contribution is 2.45. The average Bonchev–Trinajstić information content (AvgIpc) is 2.82. The van der Waals surface area contributed by atoms with Gasteiger partial charge >= 0.3 is 6.18 Å². The van der Waals surface area contributed by atoms with Crippen molar-refractivity contribution in [1.82, 2.24) is 0 Å². The summed E-state index contributed by atoms with van der Waals surface area (Å²) in [7, 11) is 0. The van der Waals surface area contributed by atoms with Gasteiger partial charge in [0, 0.05) is 17.5 Å². The predicted octanol–water partition coefficient (Wildman–Crippen LogP) is 2.57. The molecule has 2 aromatic rings. The Morgan fingerprint density at radius 3 is 2.54 bits per heavy atom.